The number of nitrogens with one attached hydrogen (secondary N) is 1. The third-order valence-corrected chi connectivity index (χ3v) is 4.54. The van der Waals surface area contributed by atoms with Crippen LogP contribution < -0.4 is 14.8 Å². The van der Waals surface area contributed by atoms with Gasteiger partial charge in [0.2, 0.25) is 0 Å². The minimum absolute atomic E-state index is 0.207. The fourth-order valence-electron chi connectivity index (χ4n) is 2.77. The summed E-state index contributed by atoms with van der Waals surface area (Å²) in [5, 5.41) is 4.47. The summed E-state index contributed by atoms with van der Waals surface area (Å²) in [7, 11) is 1.61. The second-order valence-corrected chi connectivity index (χ2v) is 6.62. The number of rotatable bonds is 8. The van der Waals surface area contributed by atoms with Gasteiger partial charge in [-0.2, -0.15) is 0 Å². The van der Waals surface area contributed by atoms with E-state index in [0.717, 1.165) is 35.3 Å². The Morgan fingerprint density at radius 1 is 1.11 bits per heavy atom. The molecule has 1 heterocycles. The summed E-state index contributed by atoms with van der Waals surface area (Å²) in [6, 6.07) is 12.8. The van der Waals surface area contributed by atoms with Crippen LogP contribution in [0, 0.1) is 6.92 Å². The van der Waals surface area contributed by atoms with Crippen molar-refractivity contribution in [1.82, 2.24) is 5.32 Å². The number of fused-ring (bicyclic) bond motifs is 1. The fraction of sp³-hybridized carbons (Fsp3) is 0.286. The number of benzene rings is 2. The van der Waals surface area contributed by atoms with Gasteiger partial charge in [0.1, 0.15) is 17.1 Å². The van der Waals surface area contributed by atoms with E-state index in [2.05, 4.69) is 5.32 Å². The quantitative estimate of drug-likeness (QED) is 0.553. The van der Waals surface area contributed by atoms with Crippen LogP contribution in [0.2, 0.25) is 5.02 Å². The van der Waals surface area contributed by atoms with E-state index < -0.39 is 0 Å². The van der Waals surface area contributed by atoms with Crippen molar-refractivity contribution in [2.45, 2.75) is 19.8 Å². The van der Waals surface area contributed by atoms with Gasteiger partial charge in [-0.15, -0.1) is 0 Å². The second kappa shape index (κ2) is 8.82. The zero-order valence-corrected chi connectivity index (χ0v) is 16.1. The average Bonchev–Trinajstić information content (AvgIpc) is 3.02. The number of furan rings is 1. The minimum atomic E-state index is -0.207. The van der Waals surface area contributed by atoms with Gasteiger partial charge in [0.15, 0.2) is 5.76 Å². The molecule has 3 aromatic rings. The molecule has 0 saturated carbocycles. The molecule has 0 radical (unpaired) electrons. The maximum atomic E-state index is 12.4. The molecule has 0 fully saturated rings. The highest BCUT2D eigenvalue weighted by Gasteiger charge is 2.17. The molecule has 1 amide bonds. The van der Waals surface area contributed by atoms with Crippen LogP contribution in [0.1, 0.15) is 29.0 Å². The van der Waals surface area contributed by atoms with Gasteiger partial charge in [0, 0.05) is 22.5 Å². The minimum Gasteiger partial charge on any atom is -0.497 e. The number of aryl methyl sites for hydroxylation is 1. The summed E-state index contributed by atoms with van der Waals surface area (Å²) >= 11 is 5.84. The number of ether oxygens (including phenoxy) is 2. The topological polar surface area (TPSA) is 60.7 Å². The number of hydrogen-bond donors (Lipinski definition) is 1. The smallest absolute Gasteiger partial charge is 0.287 e. The van der Waals surface area contributed by atoms with Crippen molar-refractivity contribution in [1.29, 1.82) is 0 Å². The molecular formula is C21H22ClNO4. The Kier molecular flexibility index (Phi) is 6.24. The molecule has 0 aliphatic heterocycles. The predicted octanol–water partition coefficient (Wildman–Crippen LogP) is 4.99. The number of hydrogen-bond acceptors (Lipinski definition) is 4. The molecule has 0 unspecified atom stereocenters. The van der Waals surface area contributed by atoms with E-state index >= 15 is 0 Å². The Hall–Kier alpha value is -2.66. The third-order valence-electron chi connectivity index (χ3n) is 4.29. The number of halogens is 1. The van der Waals surface area contributed by atoms with Gasteiger partial charge in [-0.1, -0.05) is 11.6 Å². The third kappa shape index (κ3) is 4.74. The predicted molar refractivity (Wildman–Crippen MR) is 106 cm³/mol. The Morgan fingerprint density at radius 3 is 2.59 bits per heavy atom. The zero-order valence-electron chi connectivity index (χ0n) is 15.4. The van der Waals surface area contributed by atoms with Gasteiger partial charge in [-0.25, -0.2) is 0 Å². The number of unbranched alkanes of at least 4 members (excludes halogenated alkanes) is 1. The van der Waals surface area contributed by atoms with Crippen molar-refractivity contribution in [3.8, 4) is 11.5 Å². The van der Waals surface area contributed by atoms with Crippen molar-refractivity contribution in [3.63, 3.8) is 0 Å². The highest BCUT2D eigenvalue weighted by molar-refractivity contribution is 6.30. The van der Waals surface area contributed by atoms with Gasteiger partial charge >= 0.3 is 0 Å². The van der Waals surface area contributed by atoms with E-state index in [1.165, 1.54) is 0 Å². The molecule has 0 saturated heterocycles. The summed E-state index contributed by atoms with van der Waals surface area (Å²) in [6.45, 7) is 3.02. The molecule has 142 valence electrons. The van der Waals surface area contributed by atoms with Crippen LogP contribution in [-0.4, -0.2) is 26.2 Å². The molecular weight excluding hydrogens is 366 g/mol. The lowest BCUT2D eigenvalue weighted by molar-refractivity contribution is 0.0926. The molecule has 5 nitrogen and oxygen atoms in total. The highest BCUT2D eigenvalue weighted by Crippen LogP contribution is 2.28. The Bertz CT molecular complexity index is 918. The first-order valence-corrected chi connectivity index (χ1v) is 9.20. The van der Waals surface area contributed by atoms with E-state index in [1.54, 1.807) is 19.2 Å². The second-order valence-electron chi connectivity index (χ2n) is 6.18. The number of amides is 1. The van der Waals surface area contributed by atoms with E-state index in [-0.39, 0.29) is 5.91 Å². The number of carbonyl (C=O) groups is 1. The lowest BCUT2D eigenvalue weighted by atomic mass is 10.1. The van der Waals surface area contributed by atoms with Gasteiger partial charge in [-0.3, -0.25) is 4.79 Å². The van der Waals surface area contributed by atoms with Crippen LogP contribution in [-0.2, 0) is 0 Å². The van der Waals surface area contributed by atoms with Gasteiger partial charge in [-0.05, 0) is 62.2 Å². The molecule has 0 aliphatic rings. The first kappa shape index (κ1) is 19.1. The molecule has 1 aromatic heterocycles. The van der Waals surface area contributed by atoms with Crippen LogP contribution in [0.4, 0.5) is 0 Å². The van der Waals surface area contributed by atoms with Crippen molar-refractivity contribution in [2.24, 2.45) is 0 Å². The Morgan fingerprint density at radius 2 is 1.85 bits per heavy atom. The van der Waals surface area contributed by atoms with Crippen molar-refractivity contribution in [3.05, 3.63) is 58.8 Å². The zero-order chi connectivity index (χ0) is 19.2. The molecule has 0 spiro atoms. The molecule has 27 heavy (non-hydrogen) atoms. The standard InChI is InChI=1S/C21H22ClNO4/c1-14-18-13-17(25-2)9-10-19(18)27-20(14)21(24)23-11-3-4-12-26-16-7-5-15(22)6-8-16/h5-10,13H,3-4,11-12H2,1-2H3,(H,23,24). The van der Waals surface area contributed by atoms with Crippen molar-refractivity contribution >= 4 is 28.5 Å². The molecule has 2 aromatic carbocycles. The molecule has 6 heteroatoms. The average molecular weight is 388 g/mol. The maximum absolute atomic E-state index is 12.4. The Labute approximate surface area is 163 Å². The van der Waals surface area contributed by atoms with Gasteiger partial charge in [0.05, 0.1) is 13.7 Å². The van der Waals surface area contributed by atoms with Crippen LogP contribution in [0.3, 0.4) is 0 Å². The SMILES string of the molecule is COc1ccc2oc(C(=O)NCCCCOc3ccc(Cl)cc3)c(C)c2c1. The van der Waals surface area contributed by atoms with E-state index in [0.29, 0.717) is 29.5 Å². The fourth-order valence-corrected chi connectivity index (χ4v) is 2.90. The molecule has 1 N–H and O–H groups in total. The van der Waals surface area contributed by atoms with Crippen molar-refractivity contribution in [2.75, 3.05) is 20.3 Å². The number of methoxy groups -OCH3 is 1. The van der Waals surface area contributed by atoms with E-state index in [4.69, 9.17) is 25.5 Å². The van der Waals surface area contributed by atoms with Gasteiger partial charge < -0.3 is 19.2 Å². The molecule has 0 aliphatic carbocycles. The largest absolute Gasteiger partial charge is 0.497 e. The molecule has 3 rings (SSSR count). The number of carbonyl (C=O) groups excluding carboxylic acids is 1. The van der Waals surface area contributed by atoms with Gasteiger partial charge in [0.25, 0.3) is 5.91 Å². The molecule has 0 atom stereocenters. The van der Waals surface area contributed by atoms with E-state index in [1.807, 2.05) is 37.3 Å². The monoisotopic (exact) mass is 387 g/mol. The summed E-state index contributed by atoms with van der Waals surface area (Å²) < 4.78 is 16.6. The normalized spacial score (nSPS) is 10.8. The summed E-state index contributed by atoms with van der Waals surface area (Å²) in [6.07, 6.45) is 1.64. The summed E-state index contributed by atoms with van der Waals surface area (Å²) in [5.41, 5.74) is 1.49. The van der Waals surface area contributed by atoms with Crippen LogP contribution in [0.15, 0.2) is 46.9 Å². The lowest BCUT2D eigenvalue weighted by Gasteiger charge is -2.07. The van der Waals surface area contributed by atoms with Crippen molar-refractivity contribution < 1.29 is 18.7 Å². The summed E-state index contributed by atoms with van der Waals surface area (Å²) in [4.78, 5) is 12.4. The van der Waals surface area contributed by atoms with E-state index in [9.17, 15) is 4.79 Å². The highest BCUT2D eigenvalue weighted by atomic mass is 35.5. The van der Waals surface area contributed by atoms with Crippen LogP contribution >= 0.6 is 11.6 Å². The summed E-state index contributed by atoms with van der Waals surface area (Å²) in [5.74, 6) is 1.66. The first-order chi connectivity index (χ1) is 13.1. The lowest BCUT2D eigenvalue weighted by Crippen LogP contribution is -2.24. The van der Waals surface area contributed by atoms with Crippen LogP contribution in [0.5, 0.6) is 11.5 Å². The Balaban J connectivity index is 1.46. The van der Waals surface area contributed by atoms with Crippen LogP contribution in [0.25, 0.3) is 11.0 Å². The first-order valence-electron chi connectivity index (χ1n) is 8.82. The molecule has 0 bridgehead atoms. The maximum Gasteiger partial charge on any atom is 0.287 e.